The summed E-state index contributed by atoms with van der Waals surface area (Å²) in [7, 11) is 0. The van der Waals surface area contributed by atoms with Crippen molar-refractivity contribution in [1.29, 1.82) is 0 Å². The number of hydrogen-bond donors (Lipinski definition) is 2. The number of pyridine rings is 2. The number of carbonyl (C=O) groups is 4. The minimum atomic E-state index is -0.973. The van der Waals surface area contributed by atoms with E-state index >= 15 is 0 Å². The Morgan fingerprint density at radius 2 is 1.63 bits per heavy atom. The van der Waals surface area contributed by atoms with Crippen molar-refractivity contribution in [3.8, 4) is 11.4 Å². The van der Waals surface area contributed by atoms with Gasteiger partial charge in [0, 0.05) is 86.3 Å². The summed E-state index contributed by atoms with van der Waals surface area (Å²) in [4.78, 5) is 77.9. The molecule has 4 amide bonds. The Bertz CT molecular complexity index is 2500. The quantitative estimate of drug-likeness (QED) is 0.264. The lowest BCUT2D eigenvalue weighted by molar-refractivity contribution is -0.136. The van der Waals surface area contributed by atoms with Gasteiger partial charge in [0.15, 0.2) is 5.82 Å². The van der Waals surface area contributed by atoms with Gasteiger partial charge < -0.3 is 19.5 Å². The van der Waals surface area contributed by atoms with Gasteiger partial charge in [0.1, 0.15) is 11.9 Å². The number of imide groups is 2. The highest BCUT2D eigenvalue weighted by Gasteiger charge is 2.45. The van der Waals surface area contributed by atoms with Gasteiger partial charge in [-0.1, -0.05) is 19.4 Å². The standard InChI is InChI=1S/C44H50N10O5/c1-26-35-23-46-44(49-40(35)53(30-8-4-5-9-30)27(2)39(26)28(3)55)47-37-14-11-32(22-45-37)51-19-17-50(18-20-51)24-29-7-6-16-52(25-29)31-10-12-33-34(21-31)43(59)54(42(33)58)36-13-15-38(56)48-41(36)57/h10-12,14,21-23,29-30,36,55H,2,4-9,13,15-20,24-25H2,1,3H3,(H,48,56,57)/b39-28+,47-44?. The van der Waals surface area contributed by atoms with Gasteiger partial charge in [-0.25, -0.2) is 9.97 Å². The topological polar surface area (TPSA) is 169 Å². The number of fused-ring (bicyclic) bond motifs is 2. The number of rotatable bonds is 7. The SMILES string of the molecule is C=c1/c(=C(\C)O)c(C)c2cnc(=Nc3ccc(N4CCN(CC5CCCN(c6ccc7c(c6)C(=O)N(C6CCC(=O)NC6=O)C7=O)C5)CC4)cn3)nc-2n1C1CCCC1. The second-order valence-electron chi connectivity index (χ2n) is 16.7. The van der Waals surface area contributed by atoms with Crippen LogP contribution in [0, 0.1) is 12.8 Å². The van der Waals surface area contributed by atoms with Crippen LogP contribution in [-0.2, 0) is 9.59 Å². The zero-order valence-corrected chi connectivity index (χ0v) is 33.7. The molecule has 0 bridgehead atoms. The number of piperazine rings is 1. The zero-order valence-electron chi connectivity index (χ0n) is 33.7. The number of anilines is 2. The van der Waals surface area contributed by atoms with Crippen molar-refractivity contribution in [3.63, 3.8) is 0 Å². The van der Waals surface area contributed by atoms with Gasteiger partial charge in [-0.15, -0.1) is 0 Å². The molecule has 2 atom stereocenters. The second kappa shape index (κ2) is 15.7. The molecule has 7 aliphatic rings. The monoisotopic (exact) mass is 798 g/mol. The molecule has 15 heteroatoms. The van der Waals surface area contributed by atoms with E-state index in [-0.39, 0.29) is 30.5 Å². The van der Waals surface area contributed by atoms with Gasteiger partial charge in [-0.05, 0) is 87.8 Å². The van der Waals surface area contributed by atoms with Crippen LogP contribution in [0.15, 0.2) is 47.7 Å². The lowest BCUT2D eigenvalue weighted by Crippen LogP contribution is -2.54. The summed E-state index contributed by atoms with van der Waals surface area (Å²) in [5.74, 6) is 0.0665. The zero-order chi connectivity index (χ0) is 40.9. The minimum absolute atomic E-state index is 0.0936. The van der Waals surface area contributed by atoms with Gasteiger partial charge in [-0.2, -0.15) is 9.98 Å². The molecule has 306 valence electrons. The maximum Gasteiger partial charge on any atom is 0.262 e. The largest absolute Gasteiger partial charge is 0.512 e. The van der Waals surface area contributed by atoms with E-state index in [4.69, 9.17) is 9.98 Å². The molecule has 15 nitrogen and oxygen atoms in total. The molecule has 2 aromatic rings. The Morgan fingerprint density at radius 3 is 2.36 bits per heavy atom. The summed E-state index contributed by atoms with van der Waals surface area (Å²) in [6, 6.07) is 8.66. The second-order valence-corrected chi connectivity index (χ2v) is 16.7. The highest BCUT2D eigenvalue weighted by atomic mass is 16.3. The number of aliphatic hydroxyl groups excluding tert-OH is 1. The molecule has 0 spiro atoms. The van der Waals surface area contributed by atoms with Gasteiger partial charge in [-0.3, -0.25) is 34.3 Å². The predicted molar refractivity (Wildman–Crippen MR) is 222 cm³/mol. The van der Waals surface area contributed by atoms with Crippen molar-refractivity contribution in [3.05, 3.63) is 75.6 Å². The van der Waals surface area contributed by atoms with E-state index in [0.717, 1.165) is 128 Å². The van der Waals surface area contributed by atoms with Crippen molar-refractivity contribution in [2.24, 2.45) is 10.9 Å². The first kappa shape index (κ1) is 38.6. The first-order valence-electron chi connectivity index (χ1n) is 20.9. The number of aliphatic hydroxyl groups is 1. The van der Waals surface area contributed by atoms with Crippen LogP contribution in [-0.4, -0.2) is 110 Å². The number of aromatic nitrogens is 4. The first-order valence-corrected chi connectivity index (χ1v) is 20.9. The smallest absolute Gasteiger partial charge is 0.262 e. The van der Waals surface area contributed by atoms with Gasteiger partial charge in [0.25, 0.3) is 17.4 Å². The van der Waals surface area contributed by atoms with Crippen molar-refractivity contribution < 1.29 is 24.3 Å². The highest BCUT2D eigenvalue weighted by molar-refractivity contribution is 6.23. The molecule has 4 fully saturated rings. The number of benzene rings is 1. The van der Waals surface area contributed by atoms with Gasteiger partial charge >= 0.3 is 0 Å². The fourth-order valence-corrected chi connectivity index (χ4v) is 9.89. The average Bonchev–Trinajstić information content (AvgIpc) is 3.84. The van der Waals surface area contributed by atoms with E-state index < -0.39 is 23.8 Å². The van der Waals surface area contributed by atoms with Crippen LogP contribution in [0.4, 0.5) is 17.2 Å². The Kier molecular flexibility index (Phi) is 10.2. The van der Waals surface area contributed by atoms with Gasteiger partial charge in [0.05, 0.1) is 28.8 Å². The summed E-state index contributed by atoms with van der Waals surface area (Å²) in [6.07, 6.45) is 10.5. The fourth-order valence-electron chi connectivity index (χ4n) is 9.89. The van der Waals surface area contributed by atoms with Crippen LogP contribution in [0.5, 0.6) is 0 Å². The highest BCUT2D eigenvalue weighted by Crippen LogP contribution is 2.34. The molecule has 59 heavy (non-hydrogen) atoms. The van der Waals surface area contributed by atoms with Crippen LogP contribution < -0.4 is 31.3 Å². The van der Waals surface area contributed by atoms with Crippen LogP contribution >= 0.6 is 0 Å². The van der Waals surface area contributed by atoms with E-state index in [1.807, 2.05) is 25.3 Å². The Morgan fingerprint density at radius 1 is 0.864 bits per heavy atom. The lowest BCUT2D eigenvalue weighted by Gasteiger charge is -2.40. The molecule has 9 rings (SSSR count). The molecular formula is C44H50N10O5. The number of piperidine rings is 2. The van der Waals surface area contributed by atoms with Crippen molar-refractivity contribution in [1.82, 2.24) is 34.6 Å². The summed E-state index contributed by atoms with van der Waals surface area (Å²) in [6.45, 7) is 14.4. The van der Waals surface area contributed by atoms with Crippen molar-refractivity contribution in [2.45, 2.75) is 77.3 Å². The van der Waals surface area contributed by atoms with Crippen molar-refractivity contribution >= 4 is 53.2 Å². The maximum atomic E-state index is 13.4. The van der Waals surface area contributed by atoms with E-state index in [1.165, 1.54) is 0 Å². The minimum Gasteiger partial charge on any atom is -0.512 e. The van der Waals surface area contributed by atoms with Crippen LogP contribution in [0.1, 0.15) is 90.6 Å². The number of nitrogens with zero attached hydrogens (tertiary/aromatic N) is 9. The summed E-state index contributed by atoms with van der Waals surface area (Å²) < 4.78 is 2.17. The first-order chi connectivity index (χ1) is 28.5. The molecule has 3 saturated heterocycles. The molecule has 1 aliphatic carbocycles. The molecular weight excluding hydrogens is 749 g/mol. The molecule has 0 radical (unpaired) electrons. The number of carbonyl (C=O) groups excluding carboxylic acids is 4. The molecule has 2 N–H and O–H groups in total. The van der Waals surface area contributed by atoms with Gasteiger partial charge in [0.2, 0.25) is 11.8 Å². The Hall–Kier alpha value is -5.96. The normalized spacial score (nSPS) is 22.7. The molecule has 1 aromatic heterocycles. The van der Waals surface area contributed by atoms with Crippen LogP contribution in [0.25, 0.3) is 23.7 Å². The fraction of sp³-hybridized carbons (Fsp3) is 0.455. The Labute approximate surface area is 342 Å². The Balaban J connectivity index is 0.825. The van der Waals surface area contributed by atoms with E-state index in [9.17, 15) is 24.3 Å². The number of hydrogen-bond acceptors (Lipinski definition) is 12. The molecule has 1 saturated carbocycles. The molecule has 7 heterocycles. The summed E-state index contributed by atoms with van der Waals surface area (Å²) >= 11 is 0. The third-order valence-electron chi connectivity index (χ3n) is 12.9. The molecule has 1 aromatic carbocycles. The number of amides is 4. The molecule has 2 unspecified atom stereocenters. The summed E-state index contributed by atoms with van der Waals surface area (Å²) in [5.41, 5.74) is 4.70. The summed E-state index contributed by atoms with van der Waals surface area (Å²) in [5, 5.41) is 14.3. The average molecular weight is 799 g/mol. The third-order valence-corrected chi connectivity index (χ3v) is 12.9. The van der Waals surface area contributed by atoms with E-state index in [2.05, 4.69) is 47.2 Å². The third kappa shape index (κ3) is 7.25. The predicted octanol–water partition coefficient (Wildman–Crippen LogP) is 2.97. The van der Waals surface area contributed by atoms with Crippen molar-refractivity contribution in [2.75, 3.05) is 55.6 Å². The molecule has 6 aliphatic heterocycles. The maximum absolute atomic E-state index is 13.4. The van der Waals surface area contributed by atoms with E-state index in [0.29, 0.717) is 28.5 Å². The van der Waals surface area contributed by atoms with Crippen LogP contribution in [0.3, 0.4) is 0 Å². The number of nitrogens with one attached hydrogen (secondary N) is 1. The van der Waals surface area contributed by atoms with Crippen LogP contribution in [0.2, 0.25) is 0 Å². The van der Waals surface area contributed by atoms with E-state index in [1.54, 1.807) is 25.3 Å². The lowest BCUT2D eigenvalue weighted by atomic mass is 9.96.